The van der Waals surface area contributed by atoms with Crippen LogP contribution in [0, 0.1) is 5.41 Å². The number of Topliss-reactive ketones (excluding diaryl/α,β-unsaturated/α-hetero) is 1. The normalized spacial score (nSPS) is 21.5. The van der Waals surface area contributed by atoms with Crippen LogP contribution < -0.4 is 5.32 Å². The summed E-state index contributed by atoms with van der Waals surface area (Å²) in [5.41, 5.74) is 3.23. The van der Waals surface area contributed by atoms with Crippen LogP contribution in [0.5, 0.6) is 0 Å². The number of carbonyl (C=O) groups excluding carboxylic acids is 2. The molecule has 0 fully saturated rings. The Balaban J connectivity index is 2.18. The molecule has 1 aromatic rings. The Kier molecular flexibility index (Phi) is 5.29. The minimum atomic E-state index is -0.532. The lowest BCUT2D eigenvalue weighted by Gasteiger charge is -2.39. The van der Waals surface area contributed by atoms with Crippen molar-refractivity contribution in [3.63, 3.8) is 0 Å². The summed E-state index contributed by atoms with van der Waals surface area (Å²) in [7, 11) is 0. The summed E-state index contributed by atoms with van der Waals surface area (Å²) in [6.07, 6.45) is 2.69. The molecule has 0 saturated carbocycles. The van der Waals surface area contributed by atoms with Gasteiger partial charge in [-0.15, -0.1) is 0 Å². The smallest absolute Gasteiger partial charge is 0.337 e. The van der Waals surface area contributed by atoms with Gasteiger partial charge in [-0.3, -0.25) is 4.79 Å². The molecule has 0 radical (unpaired) electrons. The average molecular weight is 386 g/mol. The summed E-state index contributed by atoms with van der Waals surface area (Å²) in [6, 6.07) is 7.34. The number of halogens is 1. The first-order valence-electron chi connectivity index (χ1n) is 9.01. The number of allylic oxidation sites excluding steroid dienone is 3. The summed E-state index contributed by atoms with van der Waals surface area (Å²) >= 11 is 6.47. The van der Waals surface area contributed by atoms with Gasteiger partial charge in [0.25, 0.3) is 0 Å². The van der Waals surface area contributed by atoms with E-state index >= 15 is 0 Å². The summed E-state index contributed by atoms with van der Waals surface area (Å²) in [4.78, 5) is 25.9. The molecule has 3 rings (SSSR count). The second-order valence-electron chi connectivity index (χ2n) is 7.84. The number of ketones is 1. The minimum absolute atomic E-state index is 0.0418. The van der Waals surface area contributed by atoms with E-state index in [0.717, 1.165) is 17.7 Å². The predicted octanol–water partition coefficient (Wildman–Crippen LogP) is 4.67. The van der Waals surface area contributed by atoms with E-state index in [0.29, 0.717) is 28.3 Å². The fourth-order valence-electron chi connectivity index (χ4n) is 3.94. The second kappa shape index (κ2) is 7.35. The molecule has 1 N–H and O–H groups in total. The number of esters is 1. The van der Waals surface area contributed by atoms with E-state index < -0.39 is 11.9 Å². The Hall–Kier alpha value is -2.33. The van der Waals surface area contributed by atoms with Gasteiger partial charge in [0.15, 0.2) is 5.78 Å². The van der Waals surface area contributed by atoms with Gasteiger partial charge in [0.05, 0.1) is 5.57 Å². The molecule has 0 spiro atoms. The van der Waals surface area contributed by atoms with Gasteiger partial charge >= 0.3 is 5.97 Å². The zero-order valence-corrected chi connectivity index (χ0v) is 16.7. The SMILES string of the molecule is C=CCOC(=O)C1=C(C)NC2=C(C(=O)CC(C)(C)C2)C1c1ccccc1Cl. The summed E-state index contributed by atoms with van der Waals surface area (Å²) in [5.74, 6) is -0.954. The van der Waals surface area contributed by atoms with E-state index in [2.05, 4.69) is 25.7 Å². The van der Waals surface area contributed by atoms with Crippen LogP contribution in [0.2, 0.25) is 5.02 Å². The molecule has 1 aromatic carbocycles. The Labute approximate surface area is 164 Å². The number of carbonyl (C=O) groups is 2. The van der Waals surface area contributed by atoms with Crippen LogP contribution in [0.1, 0.15) is 45.1 Å². The van der Waals surface area contributed by atoms with Crippen LogP contribution in [-0.4, -0.2) is 18.4 Å². The van der Waals surface area contributed by atoms with Gasteiger partial charge in [0.2, 0.25) is 0 Å². The van der Waals surface area contributed by atoms with E-state index in [1.54, 1.807) is 6.07 Å². The molecule has 0 bridgehead atoms. The monoisotopic (exact) mass is 385 g/mol. The van der Waals surface area contributed by atoms with Gasteiger partial charge in [-0.2, -0.15) is 0 Å². The predicted molar refractivity (Wildman–Crippen MR) is 106 cm³/mol. The van der Waals surface area contributed by atoms with Crippen molar-refractivity contribution in [2.45, 2.75) is 39.5 Å². The molecular formula is C22H24ClNO3. The number of nitrogens with one attached hydrogen (secondary N) is 1. The van der Waals surface area contributed by atoms with Crippen LogP contribution >= 0.6 is 11.6 Å². The highest BCUT2D eigenvalue weighted by molar-refractivity contribution is 6.31. The standard InChI is InChI=1S/C22H24ClNO3/c1-5-10-27-21(26)18-13(2)24-16-11-22(3,4)12-17(25)20(16)19(18)14-8-6-7-9-15(14)23/h5-9,19,24H,1,10-12H2,2-4H3. The number of hydrogen-bond donors (Lipinski definition) is 1. The van der Waals surface area contributed by atoms with E-state index in [1.807, 2.05) is 25.1 Å². The molecule has 1 aliphatic heterocycles. The van der Waals surface area contributed by atoms with Crippen molar-refractivity contribution in [1.82, 2.24) is 5.32 Å². The first-order chi connectivity index (χ1) is 12.7. The first kappa shape index (κ1) is 19.4. The third-order valence-electron chi connectivity index (χ3n) is 5.01. The lowest BCUT2D eigenvalue weighted by molar-refractivity contribution is -0.138. The zero-order valence-electron chi connectivity index (χ0n) is 15.9. The van der Waals surface area contributed by atoms with Crippen LogP contribution in [0.25, 0.3) is 0 Å². The van der Waals surface area contributed by atoms with E-state index in [4.69, 9.17) is 16.3 Å². The number of dihydropyridines is 1. The fourth-order valence-corrected chi connectivity index (χ4v) is 4.18. The van der Waals surface area contributed by atoms with Crippen molar-refractivity contribution in [2.24, 2.45) is 5.41 Å². The molecule has 142 valence electrons. The topological polar surface area (TPSA) is 55.4 Å². The maximum Gasteiger partial charge on any atom is 0.337 e. The van der Waals surface area contributed by atoms with Crippen LogP contribution in [0.15, 0.2) is 59.5 Å². The molecular weight excluding hydrogens is 362 g/mol. The van der Waals surface area contributed by atoms with Gasteiger partial charge in [-0.05, 0) is 30.4 Å². The quantitative estimate of drug-likeness (QED) is 0.604. The third-order valence-corrected chi connectivity index (χ3v) is 5.35. The molecule has 1 heterocycles. The summed E-state index contributed by atoms with van der Waals surface area (Å²) < 4.78 is 5.32. The number of ether oxygens (including phenoxy) is 1. The Morgan fingerprint density at radius 1 is 1.37 bits per heavy atom. The maximum absolute atomic E-state index is 13.1. The molecule has 0 amide bonds. The molecule has 5 heteroatoms. The highest BCUT2D eigenvalue weighted by Crippen LogP contribution is 2.47. The molecule has 1 unspecified atom stereocenters. The van der Waals surface area contributed by atoms with Crippen LogP contribution in [-0.2, 0) is 14.3 Å². The van der Waals surface area contributed by atoms with E-state index in [1.165, 1.54) is 6.08 Å². The van der Waals surface area contributed by atoms with Crippen molar-refractivity contribution >= 4 is 23.4 Å². The Morgan fingerprint density at radius 2 is 2.07 bits per heavy atom. The van der Waals surface area contributed by atoms with Gasteiger partial charge < -0.3 is 10.1 Å². The molecule has 1 aliphatic carbocycles. The van der Waals surface area contributed by atoms with Gasteiger partial charge in [-0.1, -0.05) is 56.3 Å². The number of hydrogen-bond acceptors (Lipinski definition) is 4. The third kappa shape index (κ3) is 3.72. The highest BCUT2D eigenvalue weighted by Gasteiger charge is 2.43. The first-order valence-corrected chi connectivity index (χ1v) is 9.39. The van der Waals surface area contributed by atoms with Crippen LogP contribution in [0.3, 0.4) is 0 Å². The van der Waals surface area contributed by atoms with Gasteiger partial charge in [0, 0.05) is 34.3 Å². The average Bonchev–Trinajstić information content (AvgIpc) is 2.57. The van der Waals surface area contributed by atoms with Crippen molar-refractivity contribution in [3.05, 3.63) is 70.0 Å². The van der Waals surface area contributed by atoms with Gasteiger partial charge in [-0.25, -0.2) is 4.79 Å². The van der Waals surface area contributed by atoms with Crippen molar-refractivity contribution in [3.8, 4) is 0 Å². The molecule has 1 atom stereocenters. The number of benzene rings is 1. The second-order valence-corrected chi connectivity index (χ2v) is 8.25. The zero-order chi connectivity index (χ0) is 19.8. The van der Waals surface area contributed by atoms with Crippen molar-refractivity contribution in [1.29, 1.82) is 0 Å². The lowest BCUT2D eigenvalue weighted by atomic mass is 9.68. The van der Waals surface area contributed by atoms with Crippen molar-refractivity contribution in [2.75, 3.05) is 6.61 Å². The Bertz CT molecular complexity index is 879. The summed E-state index contributed by atoms with van der Waals surface area (Å²) in [5, 5.41) is 3.82. The maximum atomic E-state index is 13.1. The molecule has 2 aliphatic rings. The molecule has 4 nitrogen and oxygen atoms in total. The largest absolute Gasteiger partial charge is 0.458 e. The number of rotatable bonds is 4. The molecule has 0 saturated heterocycles. The summed E-state index contributed by atoms with van der Waals surface area (Å²) in [6.45, 7) is 9.69. The van der Waals surface area contributed by atoms with Crippen LogP contribution in [0.4, 0.5) is 0 Å². The van der Waals surface area contributed by atoms with Crippen molar-refractivity contribution < 1.29 is 14.3 Å². The van der Waals surface area contributed by atoms with E-state index in [9.17, 15) is 9.59 Å². The highest BCUT2D eigenvalue weighted by atomic mass is 35.5. The minimum Gasteiger partial charge on any atom is -0.458 e. The van der Waals surface area contributed by atoms with E-state index in [-0.39, 0.29) is 17.8 Å². The fraction of sp³-hybridized carbons (Fsp3) is 0.364. The Morgan fingerprint density at radius 3 is 2.74 bits per heavy atom. The lowest BCUT2D eigenvalue weighted by Crippen LogP contribution is -2.38. The molecule has 0 aromatic heterocycles. The van der Waals surface area contributed by atoms with Gasteiger partial charge in [0.1, 0.15) is 6.61 Å². The molecule has 27 heavy (non-hydrogen) atoms.